The lowest BCUT2D eigenvalue weighted by atomic mass is 10.1. The van der Waals surface area contributed by atoms with Crippen LogP contribution in [0.25, 0.3) is 0 Å². The molecule has 2 aliphatic heterocycles. The van der Waals surface area contributed by atoms with E-state index in [1.807, 2.05) is 4.90 Å². The number of amides is 1. The van der Waals surface area contributed by atoms with Crippen LogP contribution in [-0.4, -0.2) is 62.8 Å². The molecule has 1 aromatic rings. The number of anilines is 1. The summed E-state index contributed by atoms with van der Waals surface area (Å²) < 4.78 is 5.32. The number of hydrogen-bond donors (Lipinski definition) is 1. The van der Waals surface area contributed by atoms with Crippen molar-refractivity contribution in [2.24, 2.45) is 0 Å². The zero-order valence-electron chi connectivity index (χ0n) is 14.2. The highest BCUT2D eigenvalue weighted by Gasteiger charge is 2.33. The Kier molecular flexibility index (Phi) is 8.30. The number of benzene rings is 1. The van der Waals surface area contributed by atoms with Gasteiger partial charge in [0.1, 0.15) is 0 Å². The molecule has 3 rings (SSSR count). The van der Waals surface area contributed by atoms with Crippen LogP contribution in [0.2, 0.25) is 0 Å². The highest BCUT2D eigenvalue weighted by molar-refractivity contribution is 5.85. The third kappa shape index (κ3) is 4.76. The van der Waals surface area contributed by atoms with Crippen LogP contribution in [-0.2, 0) is 9.53 Å². The maximum Gasteiger partial charge on any atom is 0.239 e. The molecule has 0 aromatic heterocycles. The Morgan fingerprint density at radius 3 is 2.50 bits per heavy atom. The van der Waals surface area contributed by atoms with E-state index in [1.54, 1.807) is 7.11 Å². The highest BCUT2D eigenvalue weighted by atomic mass is 35.5. The first-order chi connectivity index (χ1) is 10.7. The number of halogens is 2. The SMILES string of the molecule is CO[C@@H]1CN[C@H](C(=O)N2CCN(c3cccc(C)c3)CC2)C1.Cl.Cl. The molecule has 136 valence electrons. The predicted molar refractivity (Wildman–Crippen MR) is 102 cm³/mol. The van der Waals surface area contributed by atoms with Crippen molar-refractivity contribution >= 4 is 36.4 Å². The zero-order chi connectivity index (χ0) is 15.5. The predicted octanol–water partition coefficient (Wildman–Crippen LogP) is 1.86. The molecule has 0 spiro atoms. The maximum atomic E-state index is 12.5. The Bertz CT molecular complexity index is 536. The van der Waals surface area contributed by atoms with Crippen molar-refractivity contribution in [2.75, 3.05) is 44.7 Å². The van der Waals surface area contributed by atoms with Crippen LogP contribution in [0.3, 0.4) is 0 Å². The Morgan fingerprint density at radius 1 is 1.21 bits per heavy atom. The van der Waals surface area contributed by atoms with Gasteiger partial charge in [-0.3, -0.25) is 4.79 Å². The van der Waals surface area contributed by atoms with E-state index in [1.165, 1.54) is 11.3 Å². The number of hydrogen-bond acceptors (Lipinski definition) is 4. The molecule has 7 heteroatoms. The average Bonchev–Trinajstić information content (AvgIpc) is 3.03. The summed E-state index contributed by atoms with van der Waals surface area (Å²) >= 11 is 0. The van der Waals surface area contributed by atoms with Crippen LogP contribution in [0.4, 0.5) is 5.69 Å². The van der Waals surface area contributed by atoms with Gasteiger partial charge in [0.15, 0.2) is 0 Å². The van der Waals surface area contributed by atoms with Gasteiger partial charge in [-0.05, 0) is 31.0 Å². The van der Waals surface area contributed by atoms with Crippen LogP contribution >= 0.6 is 24.8 Å². The lowest BCUT2D eigenvalue weighted by molar-refractivity contribution is -0.133. The van der Waals surface area contributed by atoms with E-state index < -0.39 is 0 Å². The monoisotopic (exact) mass is 375 g/mol. The maximum absolute atomic E-state index is 12.5. The van der Waals surface area contributed by atoms with Gasteiger partial charge >= 0.3 is 0 Å². The van der Waals surface area contributed by atoms with Crippen LogP contribution in [0, 0.1) is 6.92 Å². The molecule has 0 aliphatic carbocycles. The standard InChI is InChI=1S/C17H25N3O2.2ClH/c1-13-4-3-5-14(10-13)19-6-8-20(9-7-19)17(21)16-11-15(22-2)12-18-16;;/h3-5,10,15-16,18H,6-9,11-12H2,1-2H3;2*1H/t15-,16-;;/m0../s1. The van der Waals surface area contributed by atoms with Crippen molar-refractivity contribution in [1.29, 1.82) is 0 Å². The summed E-state index contributed by atoms with van der Waals surface area (Å²) in [5.74, 6) is 0.225. The van der Waals surface area contributed by atoms with Gasteiger partial charge in [-0.25, -0.2) is 0 Å². The van der Waals surface area contributed by atoms with Crippen molar-refractivity contribution in [2.45, 2.75) is 25.5 Å². The largest absolute Gasteiger partial charge is 0.380 e. The molecule has 1 N–H and O–H groups in total. The molecule has 5 nitrogen and oxygen atoms in total. The van der Waals surface area contributed by atoms with Crippen molar-refractivity contribution in [3.63, 3.8) is 0 Å². The highest BCUT2D eigenvalue weighted by Crippen LogP contribution is 2.19. The van der Waals surface area contributed by atoms with Crippen LogP contribution in [0.5, 0.6) is 0 Å². The van der Waals surface area contributed by atoms with Crippen LogP contribution in [0.1, 0.15) is 12.0 Å². The first kappa shape index (κ1) is 21.0. The lowest BCUT2D eigenvalue weighted by Gasteiger charge is -2.37. The van der Waals surface area contributed by atoms with Crippen molar-refractivity contribution < 1.29 is 9.53 Å². The van der Waals surface area contributed by atoms with Crippen molar-refractivity contribution in [3.05, 3.63) is 29.8 Å². The van der Waals surface area contributed by atoms with Gasteiger partial charge in [0.05, 0.1) is 12.1 Å². The fourth-order valence-corrected chi connectivity index (χ4v) is 3.30. The topological polar surface area (TPSA) is 44.8 Å². The minimum absolute atomic E-state index is 0. The Morgan fingerprint density at radius 2 is 1.92 bits per heavy atom. The zero-order valence-corrected chi connectivity index (χ0v) is 15.9. The minimum atomic E-state index is -0.0736. The summed E-state index contributed by atoms with van der Waals surface area (Å²) in [7, 11) is 1.71. The number of carbonyl (C=O) groups is 1. The minimum Gasteiger partial charge on any atom is -0.380 e. The second-order valence-corrected chi connectivity index (χ2v) is 6.21. The molecule has 0 bridgehead atoms. The van der Waals surface area contributed by atoms with E-state index in [2.05, 4.69) is 41.4 Å². The molecule has 2 aliphatic rings. The van der Waals surface area contributed by atoms with Gasteiger partial charge in [0.2, 0.25) is 5.91 Å². The quantitative estimate of drug-likeness (QED) is 0.875. The third-order valence-electron chi connectivity index (χ3n) is 4.68. The van der Waals surface area contributed by atoms with E-state index >= 15 is 0 Å². The van der Waals surface area contributed by atoms with Gasteiger partial charge in [-0.1, -0.05) is 12.1 Å². The number of methoxy groups -OCH3 is 1. The summed E-state index contributed by atoms with van der Waals surface area (Å²) in [4.78, 5) is 16.9. The molecule has 0 radical (unpaired) electrons. The summed E-state index contributed by atoms with van der Waals surface area (Å²) in [5, 5.41) is 3.28. The normalized spacial score (nSPS) is 23.4. The van der Waals surface area contributed by atoms with Gasteiger partial charge in [0.25, 0.3) is 0 Å². The van der Waals surface area contributed by atoms with Crippen molar-refractivity contribution in [3.8, 4) is 0 Å². The number of piperazine rings is 1. The van der Waals surface area contributed by atoms with Gasteiger partial charge in [-0.2, -0.15) is 0 Å². The van der Waals surface area contributed by atoms with Crippen LogP contribution in [0.15, 0.2) is 24.3 Å². The second-order valence-electron chi connectivity index (χ2n) is 6.21. The molecule has 2 atom stereocenters. The van der Waals surface area contributed by atoms with E-state index in [9.17, 15) is 4.79 Å². The summed E-state index contributed by atoms with van der Waals surface area (Å²) in [6.07, 6.45) is 0.954. The smallest absolute Gasteiger partial charge is 0.239 e. The molecule has 0 unspecified atom stereocenters. The molecular weight excluding hydrogens is 349 g/mol. The number of aryl methyl sites for hydroxylation is 1. The van der Waals surface area contributed by atoms with Crippen molar-refractivity contribution in [1.82, 2.24) is 10.2 Å². The van der Waals surface area contributed by atoms with E-state index in [4.69, 9.17) is 4.74 Å². The number of rotatable bonds is 3. The average molecular weight is 376 g/mol. The van der Waals surface area contributed by atoms with E-state index in [0.717, 1.165) is 39.1 Å². The Hall–Kier alpha value is -1.01. The summed E-state index contributed by atoms with van der Waals surface area (Å²) in [5.41, 5.74) is 2.53. The van der Waals surface area contributed by atoms with Gasteiger partial charge < -0.3 is 19.9 Å². The summed E-state index contributed by atoms with van der Waals surface area (Å²) in [6.45, 7) is 6.27. The molecule has 1 amide bonds. The van der Waals surface area contributed by atoms with Gasteiger partial charge in [-0.15, -0.1) is 24.8 Å². The summed E-state index contributed by atoms with van der Waals surface area (Å²) in [6, 6.07) is 8.48. The number of nitrogens with one attached hydrogen (secondary N) is 1. The Balaban J connectivity index is 0.00000144. The van der Waals surface area contributed by atoms with E-state index in [-0.39, 0.29) is 42.9 Å². The Labute approximate surface area is 156 Å². The molecular formula is C17H27Cl2N3O2. The second kappa shape index (κ2) is 9.47. The molecule has 0 saturated carbocycles. The fourth-order valence-electron chi connectivity index (χ4n) is 3.30. The van der Waals surface area contributed by atoms with Crippen LogP contribution < -0.4 is 10.2 Å². The third-order valence-corrected chi connectivity index (χ3v) is 4.68. The fraction of sp³-hybridized carbons (Fsp3) is 0.588. The first-order valence-corrected chi connectivity index (χ1v) is 8.04. The number of ether oxygens (including phenoxy) is 1. The molecule has 2 saturated heterocycles. The molecule has 1 aromatic carbocycles. The van der Waals surface area contributed by atoms with E-state index in [0.29, 0.717) is 0 Å². The molecule has 2 fully saturated rings. The lowest BCUT2D eigenvalue weighted by Crippen LogP contribution is -2.53. The molecule has 2 heterocycles. The number of carbonyl (C=O) groups excluding carboxylic acids is 1. The van der Waals surface area contributed by atoms with Gasteiger partial charge in [0, 0.05) is 45.5 Å². The first-order valence-electron chi connectivity index (χ1n) is 8.04. The number of nitrogens with zero attached hydrogens (tertiary/aromatic N) is 2. The molecule has 24 heavy (non-hydrogen) atoms.